The second-order valence-electron chi connectivity index (χ2n) is 7.58. The Morgan fingerprint density at radius 1 is 1.24 bits per heavy atom. The Labute approximate surface area is 206 Å². The van der Waals surface area contributed by atoms with Crippen LogP contribution in [0.1, 0.15) is 30.7 Å². The SMILES string of the molecule is COCCOC(=O)C1=C(C)N=C2SC=C(CC(=O)NCc3ccco3)N2[C@H]1c1ccccc1Cl. The summed E-state index contributed by atoms with van der Waals surface area (Å²) in [5, 5.41) is 5.91. The first-order chi connectivity index (χ1) is 16.5. The van der Waals surface area contributed by atoms with Gasteiger partial charge in [0.2, 0.25) is 5.91 Å². The summed E-state index contributed by atoms with van der Waals surface area (Å²) in [5.74, 6) is -0.0179. The third-order valence-electron chi connectivity index (χ3n) is 5.32. The van der Waals surface area contributed by atoms with Crippen LogP contribution < -0.4 is 5.32 Å². The van der Waals surface area contributed by atoms with Crippen LogP contribution in [-0.2, 0) is 25.6 Å². The molecule has 0 unspecified atom stereocenters. The van der Waals surface area contributed by atoms with Crippen molar-refractivity contribution in [1.82, 2.24) is 10.2 Å². The van der Waals surface area contributed by atoms with Crippen molar-refractivity contribution in [3.8, 4) is 0 Å². The van der Waals surface area contributed by atoms with Gasteiger partial charge >= 0.3 is 5.97 Å². The lowest BCUT2D eigenvalue weighted by Gasteiger charge is -2.36. The number of hydrogen-bond acceptors (Lipinski definition) is 8. The van der Waals surface area contributed by atoms with Gasteiger partial charge in [-0.05, 0) is 36.1 Å². The number of thioether (sulfide) groups is 1. The number of amides is 1. The van der Waals surface area contributed by atoms with E-state index in [9.17, 15) is 9.59 Å². The molecule has 0 bridgehead atoms. The van der Waals surface area contributed by atoms with Crippen LogP contribution in [0.5, 0.6) is 0 Å². The zero-order valence-corrected chi connectivity index (χ0v) is 20.3. The molecular formula is C24H24ClN3O5S. The van der Waals surface area contributed by atoms with Crippen LogP contribution in [0.3, 0.4) is 0 Å². The van der Waals surface area contributed by atoms with E-state index in [-0.39, 0.29) is 32.1 Å². The lowest BCUT2D eigenvalue weighted by atomic mass is 9.93. The van der Waals surface area contributed by atoms with E-state index in [1.54, 1.807) is 31.4 Å². The Kier molecular flexibility index (Phi) is 7.77. The van der Waals surface area contributed by atoms with Crippen LogP contribution >= 0.6 is 23.4 Å². The number of methoxy groups -OCH3 is 1. The number of fused-ring (bicyclic) bond motifs is 1. The van der Waals surface area contributed by atoms with Crippen molar-refractivity contribution in [3.05, 3.63) is 81.4 Å². The third kappa shape index (κ3) is 5.22. The summed E-state index contributed by atoms with van der Waals surface area (Å²) in [6, 6.07) is 10.3. The summed E-state index contributed by atoms with van der Waals surface area (Å²) >= 11 is 7.98. The van der Waals surface area contributed by atoms with Gasteiger partial charge in [-0.3, -0.25) is 4.79 Å². The molecule has 4 rings (SSSR count). The number of nitrogens with zero attached hydrogens (tertiary/aromatic N) is 2. The number of nitrogens with one attached hydrogen (secondary N) is 1. The first-order valence-corrected chi connectivity index (χ1v) is 11.9. The monoisotopic (exact) mass is 501 g/mol. The molecule has 10 heteroatoms. The average Bonchev–Trinajstić information content (AvgIpc) is 3.47. The van der Waals surface area contributed by atoms with E-state index in [1.165, 1.54) is 18.9 Å². The van der Waals surface area contributed by atoms with Crippen LogP contribution in [-0.4, -0.2) is 42.3 Å². The Hall–Kier alpha value is -3.01. The van der Waals surface area contributed by atoms with Crippen molar-refractivity contribution in [1.29, 1.82) is 0 Å². The minimum atomic E-state index is -0.588. The molecule has 34 heavy (non-hydrogen) atoms. The van der Waals surface area contributed by atoms with E-state index in [0.717, 1.165) is 5.56 Å². The Bertz CT molecular complexity index is 1160. The number of carbonyl (C=O) groups excluding carboxylic acids is 2. The fraction of sp³-hybridized carbons (Fsp3) is 0.292. The van der Waals surface area contributed by atoms with Crippen LogP contribution in [0.2, 0.25) is 5.02 Å². The summed E-state index contributed by atoms with van der Waals surface area (Å²) < 4.78 is 15.7. The molecule has 1 aromatic heterocycles. The Morgan fingerprint density at radius 2 is 2.06 bits per heavy atom. The quantitative estimate of drug-likeness (QED) is 0.402. The minimum absolute atomic E-state index is 0.0960. The van der Waals surface area contributed by atoms with Gasteiger partial charge in [-0.25, -0.2) is 9.79 Å². The highest BCUT2D eigenvalue weighted by molar-refractivity contribution is 8.16. The lowest BCUT2D eigenvalue weighted by Crippen LogP contribution is -2.38. The van der Waals surface area contributed by atoms with E-state index in [0.29, 0.717) is 32.9 Å². The van der Waals surface area contributed by atoms with Gasteiger partial charge in [0, 0.05) is 17.8 Å². The van der Waals surface area contributed by atoms with Gasteiger partial charge in [0.25, 0.3) is 0 Å². The molecule has 2 aliphatic heterocycles. The fourth-order valence-electron chi connectivity index (χ4n) is 3.74. The molecule has 0 aliphatic carbocycles. The van der Waals surface area contributed by atoms with Gasteiger partial charge < -0.3 is 24.1 Å². The molecule has 178 valence electrons. The van der Waals surface area contributed by atoms with E-state index in [4.69, 9.17) is 25.5 Å². The number of amidine groups is 1. The van der Waals surface area contributed by atoms with E-state index < -0.39 is 12.0 Å². The average molecular weight is 502 g/mol. The smallest absolute Gasteiger partial charge is 0.338 e. The molecule has 2 aromatic rings. The minimum Gasteiger partial charge on any atom is -0.467 e. The predicted octanol–water partition coefficient (Wildman–Crippen LogP) is 4.40. The molecule has 0 radical (unpaired) electrons. The number of benzene rings is 1. The number of halogens is 1. The normalized spacial score (nSPS) is 17.3. The topological polar surface area (TPSA) is 93.4 Å². The van der Waals surface area contributed by atoms with E-state index in [1.807, 2.05) is 28.5 Å². The second-order valence-corrected chi connectivity index (χ2v) is 8.82. The molecule has 0 saturated carbocycles. The van der Waals surface area contributed by atoms with Gasteiger partial charge in [0.15, 0.2) is 5.17 Å². The molecule has 1 N–H and O–H groups in total. The van der Waals surface area contributed by atoms with E-state index >= 15 is 0 Å². The maximum absolute atomic E-state index is 13.1. The predicted molar refractivity (Wildman–Crippen MR) is 130 cm³/mol. The van der Waals surface area contributed by atoms with Crippen molar-refractivity contribution in [2.24, 2.45) is 4.99 Å². The number of aliphatic imine (C=N–C) groups is 1. The third-order valence-corrected chi connectivity index (χ3v) is 6.56. The van der Waals surface area contributed by atoms with Crippen LogP contribution in [0.4, 0.5) is 0 Å². The summed E-state index contributed by atoms with van der Waals surface area (Å²) in [5.41, 5.74) is 2.35. The number of allylic oxidation sites excluding steroid dienone is 1. The molecular weight excluding hydrogens is 478 g/mol. The Morgan fingerprint density at radius 3 is 2.79 bits per heavy atom. The highest BCUT2D eigenvalue weighted by atomic mass is 35.5. The molecule has 1 amide bonds. The van der Waals surface area contributed by atoms with Crippen LogP contribution in [0.25, 0.3) is 0 Å². The fourth-order valence-corrected chi connectivity index (χ4v) is 4.95. The standard InChI is InChI=1S/C24H24ClN3O5S/c1-15-21(23(30)33-11-10-31-2)22(18-7-3-4-8-19(18)25)28-16(14-34-24(28)27-15)12-20(29)26-13-17-6-5-9-32-17/h3-9,14,22H,10-13H2,1-2H3,(H,26,29)/t22-/m0/s1. The summed E-state index contributed by atoms with van der Waals surface area (Å²) in [4.78, 5) is 32.4. The molecule has 8 nitrogen and oxygen atoms in total. The van der Waals surface area contributed by atoms with Crippen molar-refractivity contribution >= 4 is 40.4 Å². The molecule has 1 aromatic carbocycles. The first-order valence-electron chi connectivity index (χ1n) is 10.6. The van der Waals surface area contributed by atoms with Gasteiger partial charge in [-0.15, -0.1) is 0 Å². The molecule has 1 atom stereocenters. The molecule has 0 spiro atoms. The number of esters is 1. The number of carbonyl (C=O) groups is 2. The van der Waals surface area contributed by atoms with Crippen molar-refractivity contribution in [2.45, 2.75) is 25.9 Å². The molecule has 3 heterocycles. The molecule has 2 aliphatic rings. The highest BCUT2D eigenvalue weighted by Gasteiger charge is 2.41. The summed E-state index contributed by atoms with van der Waals surface area (Å²) in [6.45, 7) is 2.46. The van der Waals surface area contributed by atoms with Gasteiger partial charge in [0.05, 0.1) is 43.1 Å². The van der Waals surface area contributed by atoms with Crippen molar-refractivity contribution in [3.63, 3.8) is 0 Å². The Balaban J connectivity index is 1.62. The summed E-state index contributed by atoms with van der Waals surface area (Å²) in [6.07, 6.45) is 1.66. The van der Waals surface area contributed by atoms with Gasteiger partial charge in [-0.2, -0.15) is 0 Å². The number of ether oxygens (including phenoxy) is 2. The number of rotatable bonds is 9. The zero-order valence-electron chi connectivity index (χ0n) is 18.7. The highest BCUT2D eigenvalue weighted by Crippen LogP contribution is 2.46. The van der Waals surface area contributed by atoms with E-state index in [2.05, 4.69) is 10.3 Å². The maximum atomic E-state index is 13.1. The second kappa shape index (κ2) is 10.9. The van der Waals surface area contributed by atoms with Crippen LogP contribution in [0, 0.1) is 0 Å². The maximum Gasteiger partial charge on any atom is 0.338 e. The van der Waals surface area contributed by atoms with Gasteiger partial charge in [0.1, 0.15) is 12.4 Å². The first kappa shape index (κ1) is 24.1. The van der Waals surface area contributed by atoms with Crippen molar-refractivity contribution < 1.29 is 23.5 Å². The number of furan rings is 1. The molecule has 0 fully saturated rings. The summed E-state index contributed by atoms with van der Waals surface area (Å²) in [7, 11) is 1.54. The largest absolute Gasteiger partial charge is 0.467 e. The number of hydrogen-bond donors (Lipinski definition) is 1. The van der Waals surface area contributed by atoms with Gasteiger partial charge in [-0.1, -0.05) is 41.6 Å². The van der Waals surface area contributed by atoms with Crippen LogP contribution in [0.15, 0.2) is 74.4 Å². The molecule has 0 saturated heterocycles. The zero-order chi connectivity index (χ0) is 24.1. The lowest BCUT2D eigenvalue weighted by molar-refractivity contribution is -0.141. The van der Waals surface area contributed by atoms with Crippen molar-refractivity contribution in [2.75, 3.05) is 20.3 Å².